The average Bonchev–Trinajstić information content (AvgIpc) is 2.55. The van der Waals surface area contributed by atoms with Gasteiger partial charge in [-0.2, -0.15) is 0 Å². The molecule has 0 atom stereocenters. The minimum atomic E-state index is -2.17. The summed E-state index contributed by atoms with van der Waals surface area (Å²) < 4.78 is 0. The topological polar surface area (TPSA) is 104 Å². The Bertz CT molecular complexity index is 227. The van der Waals surface area contributed by atoms with E-state index < -0.39 is 7.32 Å². The van der Waals surface area contributed by atoms with Crippen molar-refractivity contribution in [2.45, 2.75) is 84.0 Å². The first-order valence-electron chi connectivity index (χ1n) is 10.1. The van der Waals surface area contributed by atoms with E-state index in [2.05, 4.69) is 11.8 Å². The Kier molecular flexibility index (Phi) is 25.8. The van der Waals surface area contributed by atoms with E-state index in [0.29, 0.717) is 13.1 Å². The van der Waals surface area contributed by atoms with Gasteiger partial charge in [0.25, 0.3) is 0 Å². The van der Waals surface area contributed by atoms with Gasteiger partial charge in [0, 0.05) is 13.1 Å². The largest absolute Gasteiger partial charge is 0.631 e. The van der Waals surface area contributed by atoms with Crippen molar-refractivity contribution in [2.24, 2.45) is 0 Å². The van der Waals surface area contributed by atoms with E-state index >= 15 is 0 Å². The molecule has 0 saturated heterocycles. The number of rotatable bonds is 17. The van der Waals surface area contributed by atoms with Gasteiger partial charge in [-0.1, -0.05) is 77.6 Å². The third-order valence-electron chi connectivity index (χ3n) is 4.16. The van der Waals surface area contributed by atoms with Crippen molar-refractivity contribution in [1.29, 1.82) is 0 Å². The Labute approximate surface area is 155 Å². The van der Waals surface area contributed by atoms with E-state index in [4.69, 9.17) is 25.3 Å². The molecule has 0 aromatic heterocycles. The van der Waals surface area contributed by atoms with Crippen LogP contribution in [0.4, 0.5) is 0 Å². The Balaban J connectivity index is 0. The molecule has 0 fully saturated rings. The van der Waals surface area contributed by atoms with Gasteiger partial charge >= 0.3 is 7.32 Å². The van der Waals surface area contributed by atoms with Crippen LogP contribution in [0.25, 0.3) is 0 Å². The van der Waals surface area contributed by atoms with Crippen LogP contribution in [0.2, 0.25) is 0 Å². The van der Waals surface area contributed by atoms with Crippen molar-refractivity contribution in [3.05, 3.63) is 0 Å². The van der Waals surface area contributed by atoms with E-state index in [1.165, 1.54) is 77.0 Å². The molecular formula is C18H42BNO5. The fourth-order valence-electron chi connectivity index (χ4n) is 2.79. The highest BCUT2D eigenvalue weighted by atomic mass is 16.5. The summed E-state index contributed by atoms with van der Waals surface area (Å²) in [5, 5.41) is 39.4. The molecule has 0 unspecified atom stereocenters. The molecule has 0 aliphatic rings. The van der Waals surface area contributed by atoms with Crippen LogP contribution in [0.5, 0.6) is 0 Å². The molecular weight excluding hydrogens is 321 g/mol. The molecule has 0 bridgehead atoms. The zero-order chi connectivity index (χ0) is 19.2. The summed E-state index contributed by atoms with van der Waals surface area (Å²) >= 11 is 0. The van der Waals surface area contributed by atoms with Crippen molar-refractivity contribution in [2.75, 3.05) is 32.8 Å². The summed E-state index contributed by atoms with van der Waals surface area (Å²) in [6, 6.07) is 0. The lowest BCUT2D eigenvalue weighted by atomic mass is 10.1. The lowest BCUT2D eigenvalue weighted by molar-refractivity contribution is 0.159. The summed E-state index contributed by atoms with van der Waals surface area (Å²) in [5.41, 5.74) is 0. The molecule has 0 aromatic carbocycles. The van der Waals surface area contributed by atoms with Gasteiger partial charge in [0.1, 0.15) is 0 Å². The molecule has 0 spiro atoms. The number of hydrogen-bond donors (Lipinski definition) is 5. The normalized spacial score (nSPS) is 10.7. The van der Waals surface area contributed by atoms with Crippen LogP contribution in [0.15, 0.2) is 0 Å². The predicted octanol–water partition coefficient (Wildman–Crippen LogP) is 1.92. The number of aliphatic hydroxyl groups is 2. The SMILES string of the molecule is CCCCCCCCCCCCCCN(CCO)CCO.OB(O)O. The summed E-state index contributed by atoms with van der Waals surface area (Å²) in [7, 11) is -2.17. The van der Waals surface area contributed by atoms with Crippen LogP contribution >= 0.6 is 0 Å². The summed E-state index contributed by atoms with van der Waals surface area (Å²) in [6.45, 7) is 5.05. The zero-order valence-electron chi connectivity index (χ0n) is 16.3. The fourth-order valence-corrected chi connectivity index (χ4v) is 2.79. The summed E-state index contributed by atoms with van der Waals surface area (Å²) in [5.74, 6) is 0. The van der Waals surface area contributed by atoms with Gasteiger partial charge in [-0.25, -0.2) is 0 Å². The van der Waals surface area contributed by atoms with E-state index in [0.717, 1.165) is 6.54 Å². The summed E-state index contributed by atoms with van der Waals surface area (Å²) in [4.78, 5) is 2.15. The first-order chi connectivity index (χ1) is 12.1. The van der Waals surface area contributed by atoms with Crippen LogP contribution in [0, 0.1) is 0 Å². The van der Waals surface area contributed by atoms with E-state index in [1.807, 2.05) is 0 Å². The van der Waals surface area contributed by atoms with E-state index in [9.17, 15) is 0 Å². The Morgan fingerprint density at radius 3 is 1.20 bits per heavy atom. The van der Waals surface area contributed by atoms with Gasteiger partial charge in [0.2, 0.25) is 0 Å². The van der Waals surface area contributed by atoms with E-state index in [-0.39, 0.29) is 13.2 Å². The second kappa shape index (κ2) is 23.8. The fraction of sp³-hybridized carbons (Fsp3) is 1.00. The number of hydrogen-bond acceptors (Lipinski definition) is 6. The number of nitrogens with zero attached hydrogens (tertiary/aromatic N) is 1. The maximum atomic E-state index is 8.93. The lowest BCUT2D eigenvalue weighted by Gasteiger charge is -2.19. The molecule has 0 rings (SSSR count). The highest BCUT2D eigenvalue weighted by Crippen LogP contribution is 2.12. The van der Waals surface area contributed by atoms with Crippen LogP contribution < -0.4 is 0 Å². The predicted molar refractivity (Wildman–Crippen MR) is 104 cm³/mol. The monoisotopic (exact) mass is 363 g/mol. The van der Waals surface area contributed by atoms with Gasteiger partial charge < -0.3 is 25.3 Å². The molecule has 0 aromatic rings. The summed E-state index contributed by atoms with van der Waals surface area (Å²) in [6.07, 6.45) is 16.4. The second-order valence-electron chi connectivity index (χ2n) is 6.52. The highest BCUT2D eigenvalue weighted by Gasteiger charge is 2.02. The molecule has 25 heavy (non-hydrogen) atoms. The van der Waals surface area contributed by atoms with Crippen LogP contribution in [0.1, 0.15) is 84.0 Å². The molecule has 6 nitrogen and oxygen atoms in total. The molecule has 0 aliphatic carbocycles. The number of aliphatic hydroxyl groups excluding tert-OH is 2. The minimum Gasteiger partial charge on any atom is -0.402 e. The molecule has 0 heterocycles. The Morgan fingerprint density at radius 1 is 0.560 bits per heavy atom. The standard InChI is InChI=1S/C18H39NO2.BH3O3/c1-2-3-4-5-6-7-8-9-10-11-12-13-14-19(15-17-20)16-18-21;2-1(3)4/h20-21H,2-18H2,1H3;2-4H. The maximum Gasteiger partial charge on any atom is 0.631 e. The Hall–Kier alpha value is -0.175. The smallest absolute Gasteiger partial charge is 0.402 e. The van der Waals surface area contributed by atoms with Crippen LogP contribution in [-0.4, -0.2) is 70.4 Å². The van der Waals surface area contributed by atoms with Gasteiger partial charge in [-0.15, -0.1) is 0 Å². The highest BCUT2D eigenvalue weighted by molar-refractivity contribution is 6.30. The first kappa shape index (κ1) is 27.0. The van der Waals surface area contributed by atoms with Crippen molar-refractivity contribution in [3.8, 4) is 0 Å². The molecule has 152 valence electrons. The minimum absolute atomic E-state index is 0.193. The van der Waals surface area contributed by atoms with Gasteiger partial charge in [0.15, 0.2) is 0 Å². The van der Waals surface area contributed by atoms with Gasteiger partial charge in [0.05, 0.1) is 13.2 Å². The van der Waals surface area contributed by atoms with E-state index in [1.54, 1.807) is 0 Å². The number of unbranched alkanes of at least 4 members (excludes halogenated alkanes) is 11. The molecule has 0 radical (unpaired) electrons. The molecule has 0 aliphatic heterocycles. The Morgan fingerprint density at radius 2 is 0.880 bits per heavy atom. The lowest BCUT2D eigenvalue weighted by Crippen LogP contribution is -2.30. The van der Waals surface area contributed by atoms with Gasteiger partial charge in [-0.3, -0.25) is 4.90 Å². The van der Waals surface area contributed by atoms with Crippen molar-refractivity contribution >= 4 is 7.32 Å². The molecule has 5 N–H and O–H groups in total. The third-order valence-corrected chi connectivity index (χ3v) is 4.16. The maximum absolute atomic E-state index is 8.93. The van der Waals surface area contributed by atoms with Crippen molar-refractivity contribution < 1.29 is 25.3 Å². The second-order valence-corrected chi connectivity index (χ2v) is 6.52. The van der Waals surface area contributed by atoms with Crippen LogP contribution in [-0.2, 0) is 0 Å². The first-order valence-corrected chi connectivity index (χ1v) is 10.1. The molecule has 7 heteroatoms. The third kappa shape index (κ3) is 28.9. The zero-order valence-corrected chi connectivity index (χ0v) is 16.3. The molecule has 0 saturated carbocycles. The van der Waals surface area contributed by atoms with Crippen molar-refractivity contribution in [1.82, 2.24) is 4.90 Å². The van der Waals surface area contributed by atoms with Gasteiger partial charge in [-0.05, 0) is 13.0 Å². The van der Waals surface area contributed by atoms with Crippen molar-refractivity contribution in [3.63, 3.8) is 0 Å². The molecule has 0 amide bonds. The van der Waals surface area contributed by atoms with Crippen LogP contribution in [0.3, 0.4) is 0 Å². The average molecular weight is 363 g/mol. The quantitative estimate of drug-likeness (QED) is 0.200.